The predicted octanol–water partition coefficient (Wildman–Crippen LogP) is 12.5. The SMILES string of the molecule is [C-]#[N+]c1cccc(-c2ccc(-n3c4ccccc4c4ccccc43)cc2C#N)c1-c1c2ccccc2c(-c2ccccc2)c2ccccc12. The number of hydrogen-bond donors (Lipinski definition) is 0. The van der Waals surface area contributed by atoms with E-state index in [1.807, 2.05) is 30.3 Å². The molecular formula is C46H27N3. The lowest BCUT2D eigenvalue weighted by Gasteiger charge is -2.21. The van der Waals surface area contributed by atoms with Crippen LogP contribution in [0.5, 0.6) is 0 Å². The van der Waals surface area contributed by atoms with Gasteiger partial charge in [0.25, 0.3) is 0 Å². The molecule has 226 valence electrons. The molecule has 1 heterocycles. The quantitative estimate of drug-likeness (QED) is 0.142. The third-order valence-corrected chi connectivity index (χ3v) is 9.66. The van der Waals surface area contributed by atoms with Crippen LogP contribution in [-0.4, -0.2) is 4.57 Å². The smallest absolute Gasteiger partial charge is 0.195 e. The van der Waals surface area contributed by atoms with Crippen LogP contribution in [0.2, 0.25) is 0 Å². The Morgan fingerprint density at radius 2 is 1.00 bits per heavy atom. The lowest BCUT2D eigenvalue weighted by atomic mass is 9.82. The van der Waals surface area contributed by atoms with Gasteiger partial charge in [-0.05, 0) is 79.2 Å². The Balaban J connectivity index is 1.34. The summed E-state index contributed by atoms with van der Waals surface area (Å²) in [5.74, 6) is 0. The standard InChI is InChI=1S/C46H27N3/c1-48-41-23-13-22-36(33-27-26-32(28-31(33)29-47)49-42-24-11-9-16-34(42)35-17-10-12-25-43(35)49)46(41)45-39-20-7-5-18-37(39)44(30-14-3-2-4-15-30)38-19-6-8-21-40(38)45/h2-28H. The van der Waals surface area contributed by atoms with E-state index >= 15 is 0 Å². The first-order valence-electron chi connectivity index (χ1n) is 16.3. The number of benzene rings is 8. The molecule has 8 aromatic carbocycles. The number of nitriles is 1. The minimum absolute atomic E-state index is 0.552. The van der Waals surface area contributed by atoms with Crippen molar-refractivity contribution in [3.8, 4) is 45.1 Å². The normalized spacial score (nSPS) is 11.2. The third kappa shape index (κ3) is 4.35. The number of para-hydroxylation sites is 2. The van der Waals surface area contributed by atoms with Gasteiger partial charge < -0.3 is 4.57 Å². The molecule has 0 aliphatic heterocycles. The fourth-order valence-corrected chi connectivity index (χ4v) is 7.63. The molecule has 0 saturated carbocycles. The molecule has 3 heteroatoms. The summed E-state index contributed by atoms with van der Waals surface area (Å²) in [6, 6.07) is 58.8. The van der Waals surface area contributed by atoms with E-state index in [1.165, 1.54) is 16.3 Å². The Kier molecular flexibility index (Phi) is 6.58. The first-order chi connectivity index (χ1) is 24.3. The number of rotatable bonds is 4. The fraction of sp³-hybridized carbons (Fsp3) is 0. The molecule has 0 atom stereocenters. The zero-order valence-corrected chi connectivity index (χ0v) is 26.4. The van der Waals surface area contributed by atoms with Gasteiger partial charge in [-0.25, -0.2) is 4.85 Å². The summed E-state index contributed by atoms with van der Waals surface area (Å²) in [5.41, 5.74) is 10.0. The molecule has 0 aliphatic rings. The molecule has 49 heavy (non-hydrogen) atoms. The minimum atomic E-state index is 0.552. The van der Waals surface area contributed by atoms with Crippen molar-refractivity contribution >= 4 is 49.0 Å². The summed E-state index contributed by atoms with van der Waals surface area (Å²) < 4.78 is 2.23. The zero-order chi connectivity index (χ0) is 32.9. The molecule has 0 bridgehead atoms. The van der Waals surface area contributed by atoms with Gasteiger partial charge in [-0.1, -0.05) is 140 Å². The topological polar surface area (TPSA) is 33.1 Å². The van der Waals surface area contributed by atoms with E-state index in [4.69, 9.17) is 6.57 Å². The zero-order valence-electron chi connectivity index (χ0n) is 26.4. The lowest BCUT2D eigenvalue weighted by molar-refractivity contribution is 1.18. The van der Waals surface area contributed by atoms with Crippen LogP contribution in [0.15, 0.2) is 164 Å². The van der Waals surface area contributed by atoms with Crippen LogP contribution in [-0.2, 0) is 0 Å². The molecule has 0 fully saturated rings. The Morgan fingerprint density at radius 3 is 1.57 bits per heavy atom. The van der Waals surface area contributed by atoms with Gasteiger partial charge in [-0.15, -0.1) is 0 Å². The summed E-state index contributed by atoms with van der Waals surface area (Å²) in [7, 11) is 0. The monoisotopic (exact) mass is 621 g/mol. The molecular weight excluding hydrogens is 595 g/mol. The van der Waals surface area contributed by atoms with Crippen molar-refractivity contribution < 1.29 is 0 Å². The number of fused-ring (bicyclic) bond motifs is 5. The molecule has 0 saturated heterocycles. The van der Waals surface area contributed by atoms with Gasteiger partial charge in [0, 0.05) is 16.5 Å². The van der Waals surface area contributed by atoms with E-state index in [0.29, 0.717) is 11.3 Å². The molecule has 0 amide bonds. The van der Waals surface area contributed by atoms with E-state index in [1.54, 1.807) is 0 Å². The molecule has 9 rings (SSSR count). The summed E-state index contributed by atoms with van der Waals surface area (Å²) in [4.78, 5) is 4.07. The van der Waals surface area contributed by atoms with Crippen LogP contribution in [0.4, 0.5) is 5.69 Å². The van der Waals surface area contributed by atoms with Crippen molar-refractivity contribution in [3.05, 3.63) is 181 Å². The maximum atomic E-state index is 10.7. The van der Waals surface area contributed by atoms with Crippen LogP contribution in [0.25, 0.3) is 87.3 Å². The first-order valence-corrected chi connectivity index (χ1v) is 16.3. The summed E-state index contributed by atoms with van der Waals surface area (Å²) in [6.45, 7) is 8.32. The van der Waals surface area contributed by atoms with Crippen molar-refractivity contribution in [2.24, 2.45) is 0 Å². The van der Waals surface area contributed by atoms with Gasteiger partial charge in [-0.3, -0.25) is 0 Å². The highest BCUT2D eigenvalue weighted by molar-refractivity contribution is 6.23. The molecule has 0 N–H and O–H groups in total. The Bertz CT molecular complexity index is 2740. The van der Waals surface area contributed by atoms with Crippen molar-refractivity contribution in [1.29, 1.82) is 5.26 Å². The number of nitrogens with zero attached hydrogens (tertiary/aromatic N) is 3. The molecule has 3 nitrogen and oxygen atoms in total. The second-order valence-electron chi connectivity index (χ2n) is 12.2. The van der Waals surface area contributed by atoms with E-state index < -0.39 is 0 Å². The van der Waals surface area contributed by atoms with Crippen molar-refractivity contribution in [2.45, 2.75) is 0 Å². The molecule has 1 aromatic heterocycles. The highest BCUT2D eigenvalue weighted by Crippen LogP contribution is 2.49. The van der Waals surface area contributed by atoms with E-state index in [9.17, 15) is 5.26 Å². The van der Waals surface area contributed by atoms with Crippen LogP contribution in [0.1, 0.15) is 5.56 Å². The second-order valence-corrected chi connectivity index (χ2v) is 12.2. The molecule has 0 radical (unpaired) electrons. The van der Waals surface area contributed by atoms with Gasteiger partial charge in [0.1, 0.15) is 0 Å². The highest BCUT2D eigenvalue weighted by Gasteiger charge is 2.23. The minimum Gasteiger partial charge on any atom is -0.309 e. The van der Waals surface area contributed by atoms with Gasteiger partial charge >= 0.3 is 0 Å². The fourth-order valence-electron chi connectivity index (χ4n) is 7.63. The number of hydrogen-bond acceptors (Lipinski definition) is 1. The van der Waals surface area contributed by atoms with Gasteiger partial charge in [-0.2, -0.15) is 5.26 Å². The molecule has 9 aromatic rings. The third-order valence-electron chi connectivity index (χ3n) is 9.66. The Hall–Kier alpha value is -6.94. The van der Waals surface area contributed by atoms with Crippen molar-refractivity contribution in [2.75, 3.05) is 0 Å². The second kappa shape index (κ2) is 11.4. The van der Waals surface area contributed by atoms with Crippen LogP contribution >= 0.6 is 0 Å². The first kappa shape index (κ1) is 28.3. The number of aromatic nitrogens is 1. The molecule has 0 spiro atoms. The Morgan fingerprint density at radius 1 is 0.469 bits per heavy atom. The van der Waals surface area contributed by atoms with Gasteiger partial charge in [0.15, 0.2) is 5.69 Å². The summed E-state index contributed by atoms with van der Waals surface area (Å²) >= 11 is 0. The van der Waals surface area contributed by atoms with Crippen LogP contribution in [0, 0.1) is 17.9 Å². The van der Waals surface area contributed by atoms with Crippen molar-refractivity contribution in [3.63, 3.8) is 0 Å². The van der Waals surface area contributed by atoms with Gasteiger partial charge in [0.05, 0.1) is 29.2 Å². The predicted molar refractivity (Wildman–Crippen MR) is 203 cm³/mol. The van der Waals surface area contributed by atoms with E-state index in [0.717, 1.165) is 66.1 Å². The summed E-state index contributed by atoms with van der Waals surface area (Å²) in [5, 5.41) is 17.4. The highest BCUT2D eigenvalue weighted by atomic mass is 15.0. The van der Waals surface area contributed by atoms with Crippen LogP contribution < -0.4 is 0 Å². The lowest BCUT2D eigenvalue weighted by Crippen LogP contribution is -1.97. The maximum absolute atomic E-state index is 10.7. The average Bonchev–Trinajstić information content (AvgIpc) is 3.51. The molecule has 0 unspecified atom stereocenters. The van der Waals surface area contributed by atoms with E-state index in [2.05, 4.69) is 149 Å². The molecule has 0 aliphatic carbocycles. The average molecular weight is 622 g/mol. The largest absolute Gasteiger partial charge is 0.309 e. The van der Waals surface area contributed by atoms with E-state index in [-0.39, 0.29) is 0 Å². The van der Waals surface area contributed by atoms with Crippen LogP contribution in [0.3, 0.4) is 0 Å². The van der Waals surface area contributed by atoms with Crippen molar-refractivity contribution in [1.82, 2.24) is 4.57 Å². The summed E-state index contributed by atoms with van der Waals surface area (Å²) in [6.07, 6.45) is 0. The Labute approximate surface area is 284 Å². The van der Waals surface area contributed by atoms with Gasteiger partial charge in [0.2, 0.25) is 0 Å². The maximum Gasteiger partial charge on any atom is 0.195 e.